The smallest absolute Gasteiger partial charge is 0.226 e. The van der Waals surface area contributed by atoms with Crippen molar-refractivity contribution in [1.29, 1.82) is 0 Å². The summed E-state index contributed by atoms with van der Waals surface area (Å²) in [5.74, 6) is 0.124. The largest absolute Gasteiger partial charge is 0.394 e. The molecule has 0 radical (unpaired) electrons. The third-order valence-electron chi connectivity index (χ3n) is 2.95. The van der Waals surface area contributed by atoms with Crippen molar-refractivity contribution in [3.8, 4) is 0 Å². The Morgan fingerprint density at radius 2 is 2.24 bits per heavy atom. The Morgan fingerprint density at radius 3 is 2.86 bits per heavy atom. The van der Waals surface area contributed by atoms with E-state index in [1.165, 1.54) is 10.9 Å². The topological polar surface area (TPSA) is 119 Å². The molecule has 0 saturated carbocycles. The fourth-order valence-corrected chi connectivity index (χ4v) is 2.02. The molecule has 0 aliphatic heterocycles. The molecule has 0 spiro atoms. The molecular weight excluding hydrogens is 305 g/mol. The van der Waals surface area contributed by atoms with Crippen molar-refractivity contribution in [2.24, 2.45) is 0 Å². The van der Waals surface area contributed by atoms with Crippen molar-refractivity contribution in [2.45, 2.75) is 25.4 Å². The zero-order valence-electron chi connectivity index (χ0n) is 11.1. The van der Waals surface area contributed by atoms with E-state index in [0.29, 0.717) is 11.2 Å². The van der Waals surface area contributed by atoms with Crippen molar-refractivity contribution in [2.75, 3.05) is 19.0 Å². The molecule has 4 N–H and O–H groups in total. The predicted octanol–water partition coefficient (Wildman–Crippen LogP) is 0.288. The van der Waals surface area contributed by atoms with Gasteiger partial charge in [0.05, 0.1) is 12.9 Å². The normalized spacial score (nSPS) is 16.0. The van der Waals surface area contributed by atoms with Crippen molar-refractivity contribution in [1.82, 2.24) is 19.5 Å². The molecule has 10 heteroatoms. The maximum Gasteiger partial charge on any atom is 0.226 e. The van der Waals surface area contributed by atoms with E-state index in [1.807, 2.05) is 0 Å². The number of aromatic nitrogens is 4. The molecule has 0 fully saturated rings. The summed E-state index contributed by atoms with van der Waals surface area (Å²) in [5, 5.41) is 18.5. The first-order valence-corrected chi connectivity index (χ1v) is 6.51. The van der Waals surface area contributed by atoms with Crippen LogP contribution < -0.4 is 5.73 Å². The van der Waals surface area contributed by atoms with Gasteiger partial charge < -0.3 is 20.7 Å². The second-order valence-corrected chi connectivity index (χ2v) is 4.72. The highest BCUT2D eigenvalue weighted by atomic mass is 35.5. The minimum atomic E-state index is -1.42. The van der Waals surface area contributed by atoms with Gasteiger partial charge in [-0.1, -0.05) is 0 Å². The molecule has 0 aromatic carbocycles. The number of aliphatic hydroxyl groups is 2. The van der Waals surface area contributed by atoms with Gasteiger partial charge in [-0.15, -0.1) is 0 Å². The van der Waals surface area contributed by atoms with Crippen LogP contribution in [0.2, 0.25) is 5.28 Å². The molecular formula is C11H15ClFN5O3. The van der Waals surface area contributed by atoms with Crippen molar-refractivity contribution >= 4 is 28.6 Å². The molecule has 0 aliphatic carbocycles. The number of rotatable bonds is 6. The van der Waals surface area contributed by atoms with Gasteiger partial charge in [-0.25, -0.2) is 9.37 Å². The number of aliphatic hydroxyl groups excluding tert-OH is 2. The molecule has 21 heavy (non-hydrogen) atoms. The maximum atomic E-state index is 12.5. The van der Waals surface area contributed by atoms with Crippen LogP contribution in [0.3, 0.4) is 0 Å². The van der Waals surface area contributed by atoms with Crippen LogP contribution in [-0.2, 0) is 4.74 Å². The molecule has 0 aliphatic rings. The van der Waals surface area contributed by atoms with Crippen molar-refractivity contribution in [3.63, 3.8) is 0 Å². The highest BCUT2D eigenvalue weighted by molar-refractivity contribution is 6.28. The van der Waals surface area contributed by atoms with Crippen molar-refractivity contribution < 1.29 is 19.3 Å². The van der Waals surface area contributed by atoms with Crippen LogP contribution in [0.15, 0.2) is 6.33 Å². The fraction of sp³-hybridized carbons (Fsp3) is 0.545. The zero-order chi connectivity index (χ0) is 15.6. The lowest BCUT2D eigenvalue weighted by Crippen LogP contribution is -2.35. The third-order valence-corrected chi connectivity index (χ3v) is 3.12. The van der Waals surface area contributed by atoms with Crippen LogP contribution >= 0.6 is 11.6 Å². The molecule has 8 nitrogen and oxygen atoms in total. The van der Waals surface area contributed by atoms with Gasteiger partial charge in [0, 0.05) is 0 Å². The highest BCUT2D eigenvalue weighted by Crippen LogP contribution is 2.23. The molecule has 0 amide bonds. The number of imidazole rings is 1. The highest BCUT2D eigenvalue weighted by Gasteiger charge is 2.23. The summed E-state index contributed by atoms with van der Waals surface area (Å²) in [4.78, 5) is 11.8. The summed E-state index contributed by atoms with van der Waals surface area (Å²) < 4.78 is 19.4. The van der Waals surface area contributed by atoms with E-state index in [-0.39, 0.29) is 11.1 Å². The van der Waals surface area contributed by atoms with Gasteiger partial charge in [-0.05, 0) is 18.5 Å². The van der Waals surface area contributed by atoms with E-state index >= 15 is 0 Å². The number of nitrogens with two attached hydrogens (primary N) is 1. The van der Waals surface area contributed by atoms with Crippen LogP contribution in [0.1, 0.15) is 13.2 Å². The van der Waals surface area contributed by atoms with E-state index in [4.69, 9.17) is 27.2 Å². The number of fused-ring (bicyclic) bond motifs is 1. The number of anilines is 1. The molecule has 2 aromatic heterocycles. The van der Waals surface area contributed by atoms with Crippen molar-refractivity contribution in [3.05, 3.63) is 11.6 Å². The van der Waals surface area contributed by atoms with Gasteiger partial charge >= 0.3 is 0 Å². The van der Waals surface area contributed by atoms with E-state index in [1.54, 1.807) is 6.92 Å². The average Bonchev–Trinajstić information content (AvgIpc) is 2.87. The lowest BCUT2D eigenvalue weighted by molar-refractivity contribution is -0.119. The number of nitrogens with zero attached hydrogens (tertiary/aromatic N) is 4. The quantitative estimate of drug-likeness (QED) is 0.654. The second kappa shape index (κ2) is 6.48. The number of ether oxygens (including phenoxy) is 1. The molecule has 116 valence electrons. The number of halogens is 2. The van der Waals surface area contributed by atoms with E-state index < -0.39 is 31.7 Å². The Kier molecular flexibility index (Phi) is 4.88. The summed E-state index contributed by atoms with van der Waals surface area (Å²) in [5.41, 5.74) is 6.37. The monoisotopic (exact) mass is 319 g/mol. The Balaban J connectivity index is 2.29. The van der Waals surface area contributed by atoms with Crippen LogP contribution in [0.25, 0.3) is 11.2 Å². The van der Waals surface area contributed by atoms with Crippen LogP contribution in [-0.4, -0.2) is 55.2 Å². The number of alkyl halides is 1. The first-order valence-electron chi connectivity index (χ1n) is 6.13. The fourth-order valence-electron chi connectivity index (χ4n) is 1.85. The zero-order valence-corrected chi connectivity index (χ0v) is 11.9. The lowest BCUT2D eigenvalue weighted by atomic mass is 10.2. The van der Waals surface area contributed by atoms with E-state index in [0.717, 1.165) is 0 Å². The second-order valence-electron chi connectivity index (χ2n) is 4.38. The van der Waals surface area contributed by atoms with Gasteiger partial charge in [-0.3, -0.25) is 4.57 Å². The SMILES string of the molecule is C[C@@H](O[C@H](CO)[C@H](O)CF)n1cnc2c(N)nc(Cl)nc21. The number of nitrogen functional groups attached to an aromatic ring is 1. The summed E-state index contributed by atoms with van der Waals surface area (Å²) in [7, 11) is 0. The Morgan fingerprint density at radius 1 is 1.52 bits per heavy atom. The van der Waals surface area contributed by atoms with Gasteiger partial charge in [-0.2, -0.15) is 9.97 Å². The minimum absolute atomic E-state index is 0.0450. The lowest BCUT2D eigenvalue weighted by Gasteiger charge is -2.24. The van der Waals surface area contributed by atoms with Crippen LogP contribution in [0.4, 0.5) is 10.2 Å². The van der Waals surface area contributed by atoms with Crippen LogP contribution in [0.5, 0.6) is 0 Å². The first-order chi connectivity index (χ1) is 9.97. The molecule has 0 bridgehead atoms. The predicted molar refractivity (Wildman–Crippen MR) is 73.4 cm³/mol. The average molecular weight is 320 g/mol. The van der Waals surface area contributed by atoms with E-state index in [9.17, 15) is 9.50 Å². The molecule has 2 aromatic rings. The van der Waals surface area contributed by atoms with Gasteiger partial charge in [0.15, 0.2) is 11.5 Å². The van der Waals surface area contributed by atoms with E-state index in [2.05, 4.69) is 15.0 Å². The summed E-state index contributed by atoms with van der Waals surface area (Å²) in [6.07, 6.45) is -1.76. The van der Waals surface area contributed by atoms with Gasteiger partial charge in [0.2, 0.25) is 5.28 Å². The Bertz CT molecular complexity index is 625. The third kappa shape index (κ3) is 3.21. The minimum Gasteiger partial charge on any atom is -0.394 e. The van der Waals surface area contributed by atoms with Gasteiger partial charge in [0.1, 0.15) is 30.6 Å². The standard InChI is InChI=1S/C11H15ClFN5O3/c1-5(21-7(3-19)6(20)2-13)18-4-15-8-9(14)16-11(12)17-10(8)18/h4-7,19-20H,2-3H2,1H3,(H2,14,16,17)/t5-,6-,7-/m1/s1. The molecule has 0 saturated heterocycles. The van der Waals surface area contributed by atoms with Gasteiger partial charge in [0.25, 0.3) is 0 Å². The number of hydrogen-bond donors (Lipinski definition) is 3. The molecule has 0 unspecified atom stereocenters. The van der Waals surface area contributed by atoms with Crippen LogP contribution in [0, 0.1) is 0 Å². The number of hydrogen-bond acceptors (Lipinski definition) is 7. The maximum absolute atomic E-state index is 12.5. The molecule has 2 heterocycles. The molecule has 2 rings (SSSR count). The Labute approximate surface area is 124 Å². The summed E-state index contributed by atoms with van der Waals surface area (Å²) >= 11 is 5.75. The summed E-state index contributed by atoms with van der Waals surface area (Å²) in [6, 6.07) is 0. The first kappa shape index (κ1) is 15.8. The molecule has 3 atom stereocenters. The summed E-state index contributed by atoms with van der Waals surface area (Å²) in [6.45, 7) is 0.0738. The Hall–Kier alpha value is -1.55.